The lowest BCUT2D eigenvalue weighted by molar-refractivity contribution is 0.889. The number of aromatic nitrogens is 4. The van der Waals surface area contributed by atoms with Crippen molar-refractivity contribution < 1.29 is 0 Å². The van der Waals surface area contributed by atoms with Crippen molar-refractivity contribution in [3.63, 3.8) is 0 Å². The number of fused-ring (bicyclic) bond motifs is 3. The molecule has 0 saturated heterocycles. The van der Waals surface area contributed by atoms with Gasteiger partial charge < -0.3 is 4.57 Å². The predicted molar refractivity (Wildman–Crippen MR) is 172 cm³/mol. The van der Waals surface area contributed by atoms with Gasteiger partial charge in [0.2, 0.25) is 0 Å². The van der Waals surface area contributed by atoms with Crippen LogP contribution in [0.1, 0.15) is 0 Å². The van der Waals surface area contributed by atoms with Crippen LogP contribution in [0.25, 0.3) is 67.1 Å². The van der Waals surface area contributed by atoms with Crippen LogP contribution in [0.4, 0.5) is 0 Å². The number of nitrogens with zero attached hydrogens (tertiary/aromatic N) is 4. The third-order valence-electron chi connectivity index (χ3n) is 7.80. The van der Waals surface area contributed by atoms with Gasteiger partial charge in [-0.1, -0.05) is 115 Å². The van der Waals surface area contributed by atoms with E-state index in [0.29, 0.717) is 5.82 Å². The molecule has 0 spiro atoms. The topological polar surface area (TPSA) is 35.6 Å². The quantitative estimate of drug-likeness (QED) is 0.219. The fraction of sp³-hybridized carbons (Fsp3) is 0. The fourth-order valence-electron chi connectivity index (χ4n) is 5.78. The van der Waals surface area contributed by atoms with Gasteiger partial charge in [0.05, 0.1) is 16.7 Å². The van der Waals surface area contributed by atoms with Gasteiger partial charge in [0, 0.05) is 27.6 Å². The molecular formula is C38H26N4. The summed E-state index contributed by atoms with van der Waals surface area (Å²) in [5.41, 5.74) is 8.87. The second-order valence-corrected chi connectivity index (χ2v) is 10.4. The van der Waals surface area contributed by atoms with E-state index in [9.17, 15) is 0 Å². The van der Waals surface area contributed by atoms with Crippen molar-refractivity contribution in [1.29, 1.82) is 0 Å². The Labute approximate surface area is 243 Å². The van der Waals surface area contributed by atoms with Crippen LogP contribution in [0.15, 0.2) is 158 Å². The molecule has 0 aliphatic rings. The second-order valence-electron chi connectivity index (χ2n) is 10.4. The van der Waals surface area contributed by atoms with Crippen LogP contribution < -0.4 is 0 Å². The Morgan fingerprint density at radius 1 is 0.405 bits per heavy atom. The molecule has 42 heavy (non-hydrogen) atoms. The molecule has 6 aromatic carbocycles. The van der Waals surface area contributed by atoms with E-state index in [0.717, 1.165) is 28.3 Å². The normalized spacial score (nSPS) is 11.3. The fourth-order valence-corrected chi connectivity index (χ4v) is 5.78. The van der Waals surface area contributed by atoms with Crippen molar-refractivity contribution in [2.24, 2.45) is 0 Å². The summed E-state index contributed by atoms with van der Waals surface area (Å²) < 4.78 is 4.29. The Balaban J connectivity index is 1.25. The van der Waals surface area contributed by atoms with Gasteiger partial charge in [0.1, 0.15) is 0 Å². The molecule has 0 N–H and O–H groups in total. The highest BCUT2D eigenvalue weighted by molar-refractivity contribution is 6.10. The van der Waals surface area contributed by atoms with Gasteiger partial charge in [0.15, 0.2) is 11.6 Å². The Bertz CT molecular complexity index is 2160. The number of hydrogen-bond acceptors (Lipinski definition) is 2. The van der Waals surface area contributed by atoms with Crippen LogP contribution in [-0.4, -0.2) is 19.3 Å². The second kappa shape index (κ2) is 10.0. The third kappa shape index (κ3) is 4.09. The van der Waals surface area contributed by atoms with Crippen LogP contribution >= 0.6 is 0 Å². The van der Waals surface area contributed by atoms with Gasteiger partial charge in [0.25, 0.3) is 0 Å². The zero-order chi connectivity index (χ0) is 27.9. The number of para-hydroxylation sites is 1. The van der Waals surface area contributed by atoms with Crippen LogP contribution in [0.2, 0.25) is 0 Å². The first kappa shape index (κ1) is 24.1. The number of hydrogen-bond donors (Lipinski definition) is 0. The number of rotatable bonds is 5. The highest BCUT2D eigenvalue weighted by atomic mass is 15.4. The molecule has 0 bridgehead atoms. The molecule has 8 rings (SSSR count). The minimum absolute atomic E-state index is 0.704. The first-order valence-corrected chi connectivity index (χ1v) is 14.1. The maximum atomic E-state index is 4.96. The lowest BCUT2D eigenvalue weighted by Gasteiger charge is -2.11. The summed E-state index contributed by atoms with van der Waals surface area (Å²) in [7, 11) is 0. The molecule has 0 atom stereocenters. The molecule has 198 valence electrons. The van der Waals surface area contributed by atoms with E-state index < -0.39 is 0 Å². The lowest BCUT2D eigenvalue weighted by atomic mass is 10.0. The summed E-state index contributed by atoms with van der Waals surface area (Å²) >= 11 is 0. The molecule has 0 unspecified atom stereocenters. The van der Waals surface area contributed by atoms with E-state index >= 15 is 0 Å². The van der Waals surface area contributed by atoms with Crippen LogP contribution in [0.5, 0.6) is 0 Å². The molecule has 4 heteroatoms. The van der Waals surface area contributed by atoms with Crippen LogP contribution in [-0.2, 0) is 0 Å². The lowest BCUT2D eigenvalue weighted by Crippen LogP contribution is -2.01. The summed E-state index contributed by atoms with van der Waals surface area (Å²) in [5.74, 6) is 1.52. The monoisotopic (exact) mass is 538 g/mol. The summed E-state index contributed by atoms with van der Waals surface area (Å²) in [5, 5.41) is 7.44. The van der Waals surface area contributed by atoms with E-state index in [-0.39, 0.29) is 0 Å². The van der Waals surface area contributed by atoms with Crippen molar-refractivity contribution in [3.05, 3.63) is 158 Å². The smallest absolute Gasteiger partial charge is 0.182 e. The molecule has 0 aliphatic carbocycles. The maximum Gasteiger partial charge on any atom is 0.182 e. The molecule has 0 aliphatic heterocycles. The molecule has 2 heterocycles. The first-order valence-electron chi connectivity index (χ1n) is 14.1. The van der Waals surface area contributed by atoms with Crippen molar-refractivity contribution >= 4 is 21.8 Å². The SMILES string of the molecule is c1ccc(-c2ccc3c(c2)c2ccccc2n3-c2ccc(-n3nc(-c4ccccc4)nc3-c3ccccc3)cc2)cc1. The summed E-state index contributed by atoms with van der Waals surface area (Å²) in [6.07, 6.45) is 0. The maximum absolute atomic E-state index is 4.96. The molecule has 4 nitrogen and oxygen atoms in total. The van der Waals surface area contributed by atoms with E-state index in [1.807, 2.05) is 53.2 Å². The highest BCUT2D eigenvalue weighted by Crippen LogP contribution is 2.35. The van der Waals surface area contributed by atoms with Crippen LogP contribution in [0.3, 0.4) is 0 Å². The molecule has 2 aromatic heterocycles. The van der Waals surface area contributed by atoms with Crippen molar-refractivity contribution in [1.82, 2.24) is 19.3 Å². The van der Waals surface area contributed by atoms with E-state index in [1.165, 1.54) is 32.9 Å². The van der Waals surface area contributed by atoms with Crippen molar-refractivity contribution in [2.45, 2.75) is 0 Å². The van der Waals surface area contributed by atoms with E-state index in [2.05, 4.69) is 114 Å². The molecule has 0 fully saturated rings. The largest absolute Gasteiger partial charge is 0.309 e. The van der Waals surface area contributed by atoms with Gasteiger partial charge in [-0.2, -0.15) is 0 Å². The average molecular weight is 539 g/mol. The van der Waals surface area contributed by atoms with Crippen molar-refractivity contribution in [2.75, 3.05) is 0 Å². The Morgan fingerprint density at radius 2 is 0.976 bits per heavy atom. The first-order chi connectivity index (χ1) is 20.8. The highest BCUT2D eigenvalue weighted by Gasteiger charge is 2.17. The van der Waals surface area contributed by atoms with Gasteiger partial charge in [-0.3, -0.25) is 0 Å². The zero-order valence-corrected chi connectivity index (χ0v) is 22.8. The Kier molecular flexibility index (Phi) is 5.75. The Morgan fingerprint density at radius 3 is 1.69 bits per heavy atom. The van der Waals surface area contributed by atoms with Gasteiger partial charge in [-0.15, -0.1) is 5.10 Å². The standard InChI is InChI=1S/C38H26N4/c1-4-12-27(13-5-1)30-20-25-36-34(26-30)33-18-10-11-19-35(33)41(36)31-21-23-32(24-22-31)42-38(29-16-8-3-9-17-29)39-37(40-42)28-14-6-2-7-15-28/h1-26H. The molecular weight excluding hydrogens is 512 g/mol. The van der Waals surface area contributed by atoms with Gasteiger partial charge in [-0.05, 0) is 53.6 Å². The Hall–Kier alpha value is -5.74. The van der Waals surface area contributed by atoms with Crippen LogP contribution in [0, 0.1) is 0 Å². The molecule has 0 amide bonds. The van der Waals surface area contributed by atoms with Crippen molar-refractivity contribution in [3.8, 4) is 45.3 Å². The molecule has 8 aromatic rings. The average Bonchev–Trinajstić information content (AvgIpc) is 3.66. The van der Waals surface area contributed by atoms with E-state index in [4.69, 9.17) is 10.1 Å². The minimum Gasteiger partial charge on any atom is -0.309 e. The number of benzene rings is 6. The van der Waals surface area contributed by atoms with Gasteiger partial charge >= 0.3 is 0 Å². The summed E-state index contributed by atoms with van der Waals surface area (Å²) in [4.78, 5) is 4.96. The molecule has 0 saturated carbocycles. The third-order valence-corrected chi connectivity index (χ3v) is 7.80. The summed E-state index contributed by atoms with van der Waals surface area (Å²) in [6, 6.07) is 54.9. The zero-order valence-electron chi connectivity index (χ0n) is 22.8. The van der Waals surface area contributed by atoms with E-state index in [1.54, 1.807) is 0 Å². The summed E-state index contributed by atoms with van der Waals surface area (Å²) in [6.45, 7) is 0. The van der Waals surface area contributed by atoms with Gasteiger partial charge in [-0.25, -0.2) is 9.67 Å². The molecule has 0 radical (unpaired) electrons. The minimum atomic E-state index is 0.704. The predicted octanol–water partition coefficient (Wildman–Crippen LogP) is 9.37.